The second kappa shape index (κ2) is 5.94. The van der Waals surface area contributed by atoms with Crippen molar-refractivity contribution in [3.63, 3.8) is 0 Å². The SMILES string of the molecule is C1N2CN3CN1CN(C2)C3.CC1(C)[C@@H](C(=O)O)CC[C@@]1(C)C(=O)O. The molecule has 5 aliphatic rings. The molecule has 1 saturated carbocycles. The van der Waals surface area contributed by atoms with Crippen LogP contribution in [-0.4, -0.2) is 81.8 Å². The van der Waals surface area contributed by atoms with E-state index in [0.717, 1.165) is 0 Å². The zero-order chi connectivity index (χ0) is 17.7. The van der Waals surface area contributed by atoms with Crippen LogP contribution >= 0.6 is 0 Å². The highest BCUT2D eigenvalue weighted by molar-refractivity contribution is 5.80. The van der Waals surface area contributed by atoms with Gasteiger partial charge in [-0.2, -0.15) is 0 Å². The molecule has 4 heterocycles. The highest BCUT2D eigenvalue weighted by atomic mass is 16.4. The molecule has 0 aromatic rings. The number of rotatable bonds is 2. The summed E-state index contributed by atoms with van der Waals surface area (Å²) in [5.74, 6) is -2.34. The minimum absolute atomic E-state index is 0.437. The fraction of sp³-hybridized carbons (Fsp3) is 0.875. The normalized spacial score (nSPS) is 44.7. The molecule has 2 atom stereocenters. The topological polar surface area (TPSA) is 87.6 Å². The summed E-state index contributed by atoms with van der Waals surface area (Å²) in [4.78, 5) is 31.9. The number of carbonyl (C=O) groups is 2. The van der Waals surface area contributed by atoms with Crippen LogP contribution in [0, 0.1) is 16.7 Å². The zero-order valence-corrected chi connectivity index (χ0v) is 14.7. The second-order valence-corrected chi connectivity index (χ2v) is 8.32. The average molecular weight is 340 g/mol. The van der Waals surface area contributed by atoms with Crippen molar-refractivity contribution in [3.8, 4) is 0 Å². The van der Waals surface area contributed by atoms with Gasteiger partial charge in [-0.05, 0) is 25.2 Å². The Hall–Kier alpha value is -1.22. The first-order valence-electron chi connectivity index (χ1n) is 8.49. The molecule has 5 rings (SSSR count). The second-order valence-electron chi connectivity index (χ2n) is 8.32. The predicted octanol–water partition coefficient (Wildman–Crippen LogP) is 0.578. The summed E-state index contributed by atoms with van der Waals surface area (Å²) in [6.07, 6.45) is 0.886. The number of hydrogen-bond donors (Lipinski definition) is 2. The van der Waals surface area contributed by atoms with Crippen LogP contribution < -0.4 is 0 Å². The van der Waals surface area contributed by atoms with Crippen molar-refractivity contribution in [2.24, 2.45) is 16.7 Å². The Morgan fingerprint density at radius 1 is 0.833 bits per heavy atom. The molecule has 0 spiro atoms. The third-order valence-corrected chi connectivity index (χ3v) is 6.40. The van der Waals surface area contributed by atoms with Gasteiger partial charge in [-0.3, -0.25) is 29.2 Å². The molecule has 5 fully saturated rings. The van der Waals surface area contributed by atoms with Crippen LogP contribution in [0.3, 0.4) is 0 Å². The Balaban J connectivity index is 0.000000147. The quantitative estimate of drug-likeness (QED) is 0.755. The van der Waals surface area contributed by atoms with Crippen molar-refractivity contribution in [3.05, 3.63) is 0 Å². The van der Waals surface area contributed by atoms with E-state index in [1.807, 2.05) is 0 Å². The lowest BCUT2D eigenvalue weighted by molar-refractivity contribution is -0.194. The fourth-order valence-electron chi connectivity index (χ4n) is 4.55. The molecular formula is C16H28N4O4. The molecule has 4 bridgehead atoms. The highest BCUT2D eigenvalue weighted by Crippen LogP contribution is 2.56. The largest absolute Gasteiger partial charge is 0.481 e. The lowest BCUT2D eigenvalue weighted by Gasteiger charge is -2.56. The first-order chi connectivity index (χ1) is 11.1. The van der Waals surface area contributed by atoms with Crippen LogP contribution in [0.4, 0.5) is 0 Å². The molecule has 24 heavy (non-hydrogen) atoms. The van der Waals surface area contributed by atoms with Gasteiger partial charge in [0.25, 0.3) is 0 Å². The summed E-state index contributed by atoms with van der Waals surface area (Å²) in [6.45, 7) is 12.2. The summed E-state index contributed by atoms with van der Waals surface area (Å²) in [5, 5.41) is 18.1. The van der Waals surface area contributed by atoms with Crippen LogP contribution in [0.5, 0.6) is 0 Å². The molecule has 0 amide bonds. The number of hydrogen-bond acceptors (Lipinski definition) is 6. The lowest BCUT2D eigenvalue weighted by atomic mass is 9.66. The van der Waals surface area contributed by atoms with E-state index in [2.05, 4.69) is 19.6 Å². The first kappa shape index (κ1) is 17.6. The minimum atomic E-state index is -0.921. The third kappa shape index (κ3) is 2.81. The molecular weight excluding hydrogens is 312 g/mol. The lowest BCUT2D eigenvalue weighted by Crippen LogP contribution is -2.71. The standard InChI is InChI=1S/C10H16O4.C6H12N4/c1-9(2)6(7(11)12)4-5-10(9,3)8(13)14;1-7-2-9-4-8(1)5-10(3-7)6-9/h6H,4-5H2,1-3H3,(H,11,12)(H,13,14);1-6H2/t6-,10+;/m1./s1. The van der Waals surface area contributed by atoms with E-state index >= 15 is 0 Å². The Labute approximate surface area is 142 Å². The molecule has 136 valence electrons. The van der Waals surface area contributed by atoms with E-state index in [-0.39, 0.29) is 0 Å². The summed E-state index contributed by atoms with van der Waals surface area (Å²) < 4.78 is 0. The summed E-state index contributed by atoms with van der Waals surface area (Å²) in [7, 11) is 0. The smallest absolute Gasteiger partial charge is 0.309 e. The van der Waals surface area contributed by atoms with E-state index in [0.29, 0.717) is 12.8 Å². The Kier molecular flexibility index (Phi) is 4.36. The van der Waals surface area contributed by atoms with Gasteiger partial charge in [-0.25, -0.2) is 0 Å². The maximum absolute atomic E-state index is 11.1. The Morgan fingerprint density at radius 3 is 1.42 bits per heavy atom. The molecule has 0 unspecified atom stereocenters. The van der Waals surface area contributed by atoms with Gasteiger partial charge in [0.2, 0.25) is 0 Å². The van der Waals surface area contributed by atoms with E-state index in [1.54, 1.807) is 20.8 Å². The van der Waals surface area contributed by atoms with Crippen LogP contribution in [0.15, 0.2) is 0 Å². The first-order valence-corrected chi connectivity index (χ1v) is 8.49. The fourth-order valence-corrected chi connectivity index (χ4v) is 4.55. The van der Waals surface area contributed by atoms with Crippen molar-refractivity contribution in [2.45, 2.75) is 33.6 Å². The van der Waals surface area contributed by atoms with Crippen molar-refractivity contribution in [1.29, 1.82) is 0 Å². The summed E-state index contributed by atoms with van der Waals surface area (Å²) in [6, 6.07) is 0. The summed E-state index contributed by atoms with van der Waals surface area (Å²) >= 11 is 0. The van der Waals surface area contributed by atoms with Crippen LogP contribution in [0.25, 0.3) is 0 Å². The average Bonchev–Trinajstić information content (AvgIpc) is 2.69. The molecule has 8 nitrogen and oxygen atoms in total. The van der Waals surface area contributed by atoms with Crippen molar-refractivity contribution in [1.82, 2.24) is 19.6 Å². The van der Waals surface area contributed by atoms with E-state index in [9.17, 15) is 9.59 Å². The maximum Gasteiger partial charge on any atom is 0.309 e. The van der Waals surface area contributed by atoms with E-state index in [4.69, 9.17) is 10.2 Å². The molecule has 0 radical (unpaired) electrons. The van der Waals surface area contributed by atoms with Crippen molar-refractivity contribution >= 4 is 11.9 Å². The maximum atomic E-state index is 11.1. The number of nitrogens with zero attached hydrogens (tertiary/aromatic N) is 4. The highest BCUT2D eigenvalue weighted by Gasteiger charge is 2.58. The van der Waals surface area contributed by atoms with E-state index in [1.165, 1.54) is 40.0 Å². The number of aliphatic carboxylic acids is 2. The molecule has 0 aromatic heterocycles. The van der Waals surface area contributed by atoms with Crippen LogP contribution in [0.1, 0.15) is 33.6 Å². The summed E-state index contributed by atoms with van der Waals surface area (Å²) in [5.41, 5.74) is -1.61. The zero-order valence-electron chi connectivity index (χ0n) is 14.7. The van der Waals surface area contributed by atoms with Gasteiger partial charge in [0.1, 0.15) is 0 Å². The van der Waals surface area contributed by atoms with Crippen LogP contribution in [0.2, 0.25) is 0 Å². The Morgan fingerprint density at radius 2 is 1.21 bits per heavy atom. The molecule has 4 saturated heterocycles. The van der Waals surface area contributed by atoms with Gasteiger partial charge in [0.05, 0.1) is 51.3 Å². The Bertz CT molecular complexity index is 482. The van der Waals surface area contributed by atoms with Gasteiger partial charge in [-0.15, -0.1) is 0 Å². The number of carboxylic acid groups (broad SMARTS) is 2. The van der Waals surface area contributed by atoms with E-state index < -0.39 is 28.7 Å². The third-order valence-electron chi connectivity index (χ3n) is 6.40. The molecule has 1 aliphatic carbocycles. The van der Waals surface area contributed by atoms with Gasteiger partial charge in [0.15, 0.2) is 0 Å². The molecule has 4 aliphatic heterocycles. The number of carboxylic acids is 2. The van der Waals surface area contributed by atoms with Gasteiger partial charge in [-0.1, -0.05) is 13.8 Å². The van der Waals surface area contributed by atoms with Crippen molar-refractivity contribution < 1.29 is 19.8 Å². The van der Waals surface area contributed by atoms with Gasteiger partial charge >= 0.3 is 11.9 Å². The predicted molar refractivity (Wildman–Crippen MR) is 86.4 cm³/mol. The minimum Gasteiger partial charge on any atom is -0.481 e. The molecule has 8 heteroatoms. The molecule has 2 N–H and O–H groups in total. The molecule has 0 aromatic carbocycles. The van der Waals surface area contributed by atoms with Gasteiger partial charge < -0.3 is 10.2 Å². The van der Waals surface area contributed by atoms with Gasteiger partial charge in [0, 0.05) is 0 Å². The van der Waals surface area contributed by atoms with Crippen LogP contribution in [-0.2, 0) is 9.59 Å². The van der Waals surface area contributed by atoms with Crippen molar-refractivity contribution in [2.75, 3.05) is 40.0 Å². The monoisotopic (exact) mass is 340 g/mol.